The monoisotopic (exact) mass is 526 g/mol. The Kier molecular flexibility index (Phi) is 9.22. The van der Waals surface area contributed by atoms with Crippen LogP contribution in [0.2, 0.25) is 0 Å². The fourth-order valence-corrected chi connectivity index (χ4v) is 3.18. The number of guanidine groups is 1. The van der Waals surface area contributed by atoms with E-state index in [4.69, 9.17) is 9.47 Å². The van der Waals surface area contributed by atoms with E-state index >= 15 is 0 Å². The standard InChI is InChI=1S/C22H27FN4O2.HI/c1-4-29-20-8-5-15(11-21(20)28-3)13-27-22(24-2)25-10-9-16-14-26-19-7-6-17(23)12-18(16)19;/h5-8,11-12,14,26H,4,9-10,13H2,1-3H3,(H2,24,25,27);1H. The first-order chi connectivity index (χ1) is 14.1. The van der Waals surface area contributed by atoms with E-state index in [0.717, 1.165) is 34.2 Å². The summed E-state index contributed by atoms with van der Waals surface area (Å²) in [7, 11) is 3.36. The maximum atomic E-state index is 13.5. The minimum atomic E-state index is -0.227. The minimum Gasteiger partial charge on any atom is -0.493 e. The molecule has 30 heavy (non-hydrogen) atoms. The number of aliphatic imine (C=N–C) groups is 1. The smallest absolute Gasteiger partial charge is 0.191 e. The maximum Gasteiger partial charge on any atom is 0.191 e. The van der Waals surface area contributed by atoms with E-state index in [2.05, 4.69) is 20.6 Å². The summed E-state index contributed by atoms with van der Waals surface area (Å²) in [6, 6.07) is 10.6. The number of benzene rings is 2. The van der Waals surface area contributed by atoms with Gasteiger partial charge < -0.3 is 25.1 Å². The van der Waals surface area contributed by atoms with Gasteiger partial charge >= 0.3 is 0 Å². The van der Waals surface area contributed by atoms with E-state index in [1.807, 2.05) is 31.3 Å². The van der Waals surface area contributed by atoms with Crippen LogP contribution in [0.5, 0.6) is 11.5 Å². The number of nitrogens with one attached hydrogen (secondary N) is 3. The Hall–Kier alpha value is -2.49. The van der Waals surface area contributed by atoms with Crippen LogP contribution in [-0.4, -0.2) is 38.3 Å². The van der Waals surface area contributed by atoms with E-state index in [1.54, 1.807) is 26.3 Å². The third-order valence-electron chi connectivity index (χ3n) is 4.63. The van der Waals surface area contributed by atoms with Crippen LogP contribution in [-0.2, 0) is 13.0 Å². The van der Waals surface area contributed by atoms with Gasteiger partial charge in [0.1, 0.15) is 5.82 Å². The van der Waals surface area contributed by atoms with Crippen molar-refractivity contribution in [2.45, 2.75) is 19.9 Å². The molecule has 0 atom stereocenters. The molecule has 0 bridgehead atoms. The number of halogens is 2. The lowest BCUT2D eigenvalue weighted by molar-refractivity contribution is 0.310. The van der Waals surface area contributed by atoms with Gasteiger partial charge in [0.2, 0.25) is 0 Å². The third-order valence-corrected chi connectivity index (χ3v) is 4.63. The Labute approximate surface area is 193 Å². The third kappa shape index (κ3) is 6.01. The van der Waals surface area contributed by atoms with Crippen LogP contribution in [0.15, 0.2) is 47.6 Å². The molecule has 0 aliphatic heterocycles. The van der Waals surface area contributed by atoms with Crippen LogP contribution >= 0.6 is 24.0 Å². The zero-order valence-electron chi connectivity index (χ0n) is 17.4. The highest BCUT2D eigenvalue weighted by Crippen LogP contribution is 2.28. The molecule has 6 nitrogen and oxygen atoms in total. The molecule has 0 amide bonds. The first-order valence-electron chi connectivity index (χ1n) is 9.64. The van der Waals surface area contributed by atoms with Gasteiger partial charge in [-0.05, 0) is 54.8 Å². The molecule has 8 heteroatoms. The van der Waals surface area contributed by atoms with Crippen molar-refractivity contribution in [3.8, 4) is 11.5 Å². The number of hydrogen-bond acceptors (Lipinski definition) is 3. The molecule has 0 fully saturated rings. The highest BCUT2D eigenvalue weighted by atomic mass is 127. The highest BCUT2D eigenvalue weighted by molar-refractivity contribution is 14.0. The summed E-state index contributed by atoms with van der Waals surface area (Å²) >= 11 is 0. The maximum absolute atomic E-state index is 13.5. The van der Waals surface area contributed by atoms with Gasteiger partial charge in [-0.15, -0.1) is 24.0 Å². The summed E-state index contributed by atoms with van der Waals surface area (Å²) in [6.45, 7) is 3.81. The summed E-state index contributed by atoms with van der Waals surface area (Å²) in [4.78, 5) is 7.43. The molecule has 3 N–H and O–H groups in total. The molecule has 0 spiro atoms. The number of H-pyrrole nitrogens is 1. The second-order valence-electron chi connectivity index (χ2n) is 6.52. The molecule has 0 saturated heterocycles. The van der Waals surface area contributed by atoms with Crippen molar-refractivity contribution in [2.75, 3.05) is 27.3 Å². The largest absolute Gasteiger partial charge is 0.493 e. The van der Waals surface area contributed by atoms with E-state index in [-0.39, 0.29) is 29.8 Å². The van der Waals surface area contributed by atoms with Crippen LogP contribution in [0.25, 0.3) is 10.9 Å². The first kappa shape index (κ1) is 23.8. The zero-order chi connectivity index (χ0) is 20.6. The number of aromatic nitrogens is 1. The summed E-state index contributed by atoms with van der Waals surface area (Å²) in [5, 5.41) is 7.50. The molecule has 0 aliphatic rings. The van der Waals surface area contributed by atoms with Gasteiger partial charge in [0.15, 0.2) is 17.5 Å². The first-order valence-corrected chi connectivity index (χ1v) is 9.64. The van der Waals surface area contributed by atoms with Gasteiger partial charge in [0.05, 0.1) is 13.7 Å². The van der Waals surface area contributed by atoms with Crippen molar-refractivity contribution >= 4 is 40.8 Å². The molecule has 0 unspecified atom stereocenters. The average Bonchev–Trinajstić information content (AvgIpc) is 3.13. The number of ether oxygens (including phenoxy) is 2. The fourth-order valence-electron chi connectivity index (χ4n) is 3.18. The average molecular weight is 526 g/mol. The van der Waals surface area contributed by atoms with Crippen LogP contribution in [0, 0.1) is 5.82 Å². The molecule has 3 rings (SSSR count). The normalized spacial score (nSPS) is 11.1. The molecular weight excluding hydrogens is 498 g/mol. The number of hydrogen-bond donors (Lipinski definition) is 3. The molecule has 162 valence electrons. The Morgan fingerprint density at radius 3 is 2.70 bits per heavy atom. The molecule has 3 aromatic rings. The fraction of sp³-hybridized carbons (Fsp3) is 0.318. The molecule has 1 heterocycles. The van der Waals surface area contributed by atoms with Crippen LogP contribution < -0.4 is 20.1 Å². The van der Waals surface area contributed by atoms with Gasteiger partial charge in [-0.1, -0.05) is 6.07 Å². The van der Waals surface area contributed by atoms with Gasteiger partial charge in [-0.3, -0.25) is 4.99 Å². The Morgan fingerprint density at radius 2 is 1.97 bits per heavy atom. The highest BCUT2D eigenvalue weighted by Gasteiger charge is 2.07. The van der Waals surface area contributed by atoms with Crippen molar-refractivity contribution < 1.29 is 13.9 Å². The van der Waals surface area contributed by atoms with Gasteiger partial charge in [-0.25, -0.2) is 4.39 Å². The molecule has 0 radical (unpaired) electrons. The van der Waals surface area contributed by atoms with Crippen molar-refractivity contribution in [1.82, 2.24) is 15.6 Å². The summed E-state index contributed by atoms with van der Waals surface area (Å²) in [5.74, 6) is 1.91. The Morgan fingerprint density at radius 1 is 1.13 bits per heavy atom. The molecule has 1 aromatic heterocycles. The zero-order valence-corrected chi connectivity index (χ0v) is 19.8. The van der Waals surface area contributed by atoms with Crippen molar-refractivity contribution in [3.63, 3.8) is 0 Å². The van der Waals surface area contributed by atoms with Crippen LogP contribution in [0.4, 0.5) is 4.39 Å². The number of fused-ring (bicyclic) bond motifs is 1. The number of nitrogens with zero attached hydrogens (tertiary/aromatic N) is 1. The molecular formula is C22H28FIN4O2. The van der Waals surface area contributed by atoms with Gasteiger partial charge in [0.25, 0.3) is 0 Å². The number of rotatable bonds is 8. The molecule has 0 aliphatic carbocycles. The van der Waals surface area contributed by atoms with Crippen molar-refractivity contribution in [1.29, 1.82) is 0 Å². The van der Waals surface area contributed by atoms with Gasteiger partial charge in [0, 0.05) is 37.2 Å². The second-order valence-corrected chi connectivity index (χ2v) is 6.52. The number of aromatic amines is 1. The van der Waals surface area contributed by atoms with Gasteiger partial charge in [-0.2, -0.15) is 0 Å². The minimum absolute atomic E-state index is 0. The molecule has 0 saturated carbocycles. The van der Waals surface area contributed by atoms with Crippen LogP contribution in [0.1, 0.15) is 18.1 Å². The van der Waals surface area contributed by atoms with Crippen LogP contribution in [0.3, 0.4) is 0 Å². The SMILES string of the molecule is CCOc1ccc(CNC(=NC)NCCc2c[nH]c3ccc(F)cc23)cc1OC.I. The predicted molar refractivity (Wildman–Crippen MR) is 130 cm³/mol. The lowest BCUT2D eigenvalue weighted by Crippen LogP contribution is -2.37. The lowest BCUT2D eigenvalue weighted by Gasteiger charge is -2.14. The topological polar surface area (TPSA) is 70.7 Å². The second kappa shape index (κ2) is 11.6. The lowest BCUT2D eigenvalue weighted by atomic mass is 10.1. The molecule has 2 aromatic carbocycles. The van der Waals surface area contributed by atoms with Crippen molar-refractivity contribution in [3.05, 3.63) is 59.5 Å². The summed E-state index contributed by atoms with van der Waals surface area (Å²) in [5.41, 5.74) is 3.06. The quantitative estimate of drug-likeness (QED) is 0.233. The Balaban J connectivity index is 0.00000320. The van der Waals surface area contributed by atoms with E-state index < -0.39 is 0 Å². The van der Waals surface area contributed by atoms with E-state index in [1.165, 1.54) is 6.07 Å². The Bertz CT molecular complexity index is 990. The summed E-state index contributed by atoms with van der Waals surface area (Å²) < 4.78 is 24.4. The van der Waals surface area contributed by atoms with E-state index in [9.17, 15) is 4.39 Å². The van der Waals surface area contributed by atoms with Crippen molar-refractivity contribution in [2.24, 2.45) is 4.99 Å². The number of methoxy groups -OCH3 is 1. The van der Waals surface area contributed by atoms with E-state index in [0.29, 0.717) is 31.4 Å². The predicted octanol–water partition coefficient (Wildman–Crippen LogP) is 4.24. The summed E-state index contributed by atoms with van der Waals surface area (Å²) in [6.07, 6.45) is 2.68.